The Morgan fingerprint density at radius 3 is 2.50 bits per heavy atom. The molecule has 0 aliphatic rings. The molecule has 7 heteroatoms. The number of carbonyl (C=O) groups is 1. The maximum atomic E-state index is 12.9. The normalized spacial score (nSPS) is 10.3. The first kappa shape index (κ1) is 19.8. The molecule has 26 heavy (non-hydrogen) atoms. The van der Waals surface area contributed by atoms with Gasteiger partial charge in [0.2, 0.25) is 0 Å². The molecule has 0 aromatic heterocycles. The van der Waals surface area contributed by atoms with Gasteiger partial charge in [-0.15, -0.1) is 0 Å². The Labute approximate surface area is 157 Å². The highest BCUT2D eigenvalue weighted by Gasteiger charge is 2.18. The van der Waals surface area contributed by atoms with E-state index in [-0.39, 0.29) is 18.3 Å². The molecule has 0 fully saturated rings. The molecule has 1 amide bonds. The SMILES string of the molecule is CCOc1c(Cl)cc(C(=O)N(C)CCOc2ccc(F)cc2)cc1OC. The quantitative estimate of drug-likeness (QED) is 0.692. The van der Waals surface area contributed by atoms with E-state index in [0.717, 1.165) is 0 Å². The zero-order valence-corrected chi connectivity index (χ0v) is 15.7. The van der Waals surface area contributed by atoms with E-state index >= 15 is 0 Å². The van der Waals surface area contributed by atoms with Gasteiger partial charge in [0.1, 0.15) is 18.2 Å². The Balaban J connectivity index is 2.00. The van der Waals surface area contributed by atoms with Crippen LogP contribution in [0.25, 0.3) is 0 Å². The zero-order valence-electron chi connectivity index (χ0n) is 14.9. The first-order chi connectivity index (χ1) is 12.5. The summed E-state index contributed by atoms with van der Waals surface area (Å²) in [5.41, 5.74) is 0.389. The van der Waals surface area contributed by atoms with E-state index in [2.05, 4.69) is 0 Å². The van der Waals surface area contributed by atoms with Crippen molar-refractivity contribution in [3.05, 3.63) is 52.8 Å². The van der Waals surface area contributed by atoms with Gasteiger partial charge in [0, 0.05) is 12.6 Å². The first-order valence-electron chi connectivity index (χ1n) is 8.10. The predicted octanol–water partition coefficient (Wildman–Crippen LogP) is 4.04. The summed E-state index contributed by atoms with van der Waals surface area (Å²) in [6, 6.07) is 8.85. The largest absolute Gasteiger partial charge is 0.493 e. The third kappa shape index (κ3) is 5.02. The van der Waals surface area contributed by atoms with Gasteiger partial charge in [-0.3, -0.25) is 4.79 Å². The van der Waals surface area contributed by atoms with Crippen LogP contribution in [-0.4, -0.2) is 44.7 Å². The lowest BCUT2D eigenvalue weighted by Gasteiger charge is -2.19. The third-order valence-electron chi connectivity index (χ3n) is 3.62. The van der Waals surface area contributed by atoms with E-state index in [0.29, 0.717) is 41.0 Å². The molecular weight excluding hydrogens is 361 g/mol. The average Bonchev–Trinajstić information content (AvgIpc) is 2.64. The summed E-state index contributed by atoms with van der Waals surface area (Å²) in [4.78, 5) is 14.1. The molecule has 0 unspecified atom stereocenters. The van der Waals surface area contributed by atoms with Crippen LogP contribution in [0.15, 0.2) is 36.4 Å². The number of hydrogen-bond donors (Lipinski definition) is 0. The van der Waals surface area contributed by atoms with Crippen molar-refractivity contribution in [2.45, 2.75) is 6.92 Å². The van der Waals surface area contributed by atoms with Gasteiger partial charge in [-0.1, -0.05) is 11.6 Å². The van der Waals surface area contributed by atoms with Gasteiger partial charge >= 0.3 is 0 Å². The molecule has 2 aromatic rings. The Morgan fingerprint density at radius 1 is 1.19 bits per heavy atom. The van der Waals surface area contributed by atoms with Crippen molar-refractivity contribution in [2.75, 3.05) is 33.9 Å². The molecular formula is C19H21ClFNO4. The van der Waals surface area contributed by atoms with E-state index in [1.165, 1.54) is 36.3 Å². The van der Waals surface area contributed by atoms with Crippen molar-refractivity contribution < 1.29 is 23.4 Å². The summed E-state index contributed by atoms with van der Waals surface area (Å²) >= 11 is 6.21. The van der Waals surface area contributed by atoms with Crippen molar-refractivity contribution >= 4 is 17.5 Å². The van der Waals surface area contributed by atoms with Gasteiger partial charge in [-0.05, 0) is 43.3 Å². The number of benzene rings is 2. The minimum absolute atomic E-state index is 0.226. The molecule has 0 radical (unpaired) electrons. The summed E-state index contributed by atoms with van der Waals surface area (Å²) in [5.74, 6) is 0.800. The van der Waals surface area contributed by atoms with Crippen LogP contribution in [0.5, 0.6) is 17.2 Å². The highest BCUT2D eigenvalue weighted by molar-refractivity contribution is 6.32. The van der Waals surface area contributed by atoms with E-state index < -0.39 is 0 Å². The molecule has 0 aliphatic heterocycles. The van der Waals surface area contributed by atoms with Crippen molar-refractivity contribution in [1.82, 2.24) is 4.90 Å². The maximum absolute atomic E-state index is 12.9. The number of halogens is 2. The number of nitrogens with zero attached hydrogens (tertiary/aromatic N) is 1. The molecule has 0 N–H and O–H groups in total. The average molecular weight is 382 g/mol. The molecule has 0 bridgehead atoms. The van der Waals surface area contributed by atoms with Crippen molar-refractivity contribution in [2.24, 2.45) is 0 Å². The molecule has 0 heterocycles. The van der Waals surface area contributed by atoms with Gasteiger partial charge in [0.15, 0.2) is 11.5 Å². The Bertz CT molecular complexity index is 752. The Hall–Kier alpha value is -2.47. The Morgan fingerprint density at radius 2 is 1.88 bits per heavy atom. The van der Waals surface area contributed by atoms with Crippen LogP contribution in [0.1, 0.15) is 17.3 Å². The first-order valence-corrected chi connectivity index (χ1v) is 8.48. The summed E-state index contributed by atoms with van der Waals surface area (Å²) in [7, 11) is 3.15. The lowest BCUT2D eigenvalue weighted by molar-refractivity contribution is 0.0773. The van der Waals surface area contributed by atoms with Crippen molar-refractivity contribution in [1.29, 1.82) is 0 Å². The van der Waals surface area contributed by atoms with E-state index in [9.17, 15) is 9.18 Å². The highest BCUT2D eigenvalue weighted by Crippen LogP contribution is 2.36. The summed E-state index contributed by atoms with van der Waals surface area (Å²) in [5, 5.41) is 0.311. The fraction of sp³-hybridized carbons (Fsp3) is 0.316. The second-order valence-corrected chi connectivity index (χ2v) is 5.86. The molecule has 5 nitrogen and oxygen atoms in total. The number of amides is 1. The smallest absolute Gasteiger partial charge is 0.253 e. The highest BCUT2D eigenvalue weighted by atomic mass is 35.5. The van der Waals surface area contributed by atoms with Gasteiger partial charge in [0.25, 0.3) is 5.91 Å². The molecule has 0 atom stereocenters. The molecule has 0 spiro atoms. The number of likely N-dealkylation sites (N-methyl/N-ethyl adjacent to an activating group) is 1. The summed E-state index contributed by atoms with van der Waals surface area (Å²) in [6.07, 6.45) is 0. The van der Waals surface area contributed by atoms with E-state index in [4.69, 9.17) is 25.8 Å². The lowest BCUT2D eigenvalue weighted by atomic mass is 10.1. The van der Waals surface area contributed by atoms with Crippen LogP contribution in [-0.2, 0) is 0 Å². The summed E-state index contributed by atoms with van der Waals surface area (Å²) in [6.45, 7) is 2.90. The van der Waals surface area contributed by atoms with Crippen LogP contribution < -0.4 is 14.2 Å². The standard InChI is InChI=1S/C19H21ClFNO4/c1-4-25-18-16(20)11-13(12-17(18)24-3)19(23)22(2)9-10-26-15-7-5-14(21)6-8-15/h5-8,11-12H,4,9-10H2,1-3H3. The fourth-order valence-corrected chi connectivity index (χ4v) is 2.55. The predicted molar refractivity (Wildman–Crippen MR) is 98.0 cm³/mol. The van der Waals surface area contributed by atoms with Gasteiger partial charge in [-0.2, -0.15) is 0 Å². The topological polar surface area (TPSA) is 48.0 Å². The van der Waals surface area contributed by atoms with E-state index in [1.807, 2.05) is 6.92 Å². The third-order valence-corrected chi connectivity index (χ3v) is 3.90. The number of methoxy groups -OCH3 is 1. The number of ether oxygens (including phenoxy) is 3. The van der Waals surface area contributed by atoms with Gasteiger partial charge in [-0.25, -0.2) is 4.39 Å². The van der Waals surface area contributed by atoms with Crippen LogP contribution in [0.2, 0.25) is 5.02 Å². The molecule has 0 saturated heterocycles. The molecule has 0 aliphatic carbocycles. The van der Waals surface area contributed by atoms with Crippen molar-refractivity contribution in [3.63, 3.8) is 0 Å². The number of rotatable bonds is 8. The fourth-order valence-electron chi connectivity index (χ4n) is 2.28. The van der Waals surface area contributed by atoms with Crippen LogP contribution in [0, 0.1) is 5.82 Å². The zero-order chi connectivity index (χ0) is 19.1. The van der Waals surface area contributed by atoms with Crippen LogP contribution in [0.4, 0.5) is 4.39 Å². The molecule has 0 saturated carbocycles. The van der Waals surface area contributed by atoms with E-state index in [1.54, 1.807) is 19.2 Å². The van der Waals surface area contributed by atoms with Crippen LogP contribution >= 0.6 is 11.6 Å². The lowest BCUT2D eigenvalue weighted by Crippen LogP contribution is -2.30. The second-order valence-electron chi connectivity index (χ2n) is 5.45. The molecule has 2 aromatic carbocycles. The number of carbonyl (C=O) groups excluding carboxylic acids is 1. The maximum Gasteiger partial charge on any atom is 0.253 e. The molecule has 2 rings (SSSR count). The number of hydrogen-bond acceptors (Lipinski definition) is 4. The minimum Gasteiger partial charge on any atom is -0.493 e. The van der Waals surface area contributed by atoms with Gasteiger partial charge in [0.05, 0.1) is 25.3 Å². The summed E-state index contributed by atoms with van der Waals surface area (Å²) < 4.78 is 29.1. The monoisotopic (exact) mass is 381 g/mol. The minimum atomic E-state index is -0.328. The van der Waals surface area contributed by atoms with Crippen LogP contribution in [0.3, 0.4) is 0 Å². The second kappa shape index (κ2) is 9.29. The molecule has 140 valence electrons. The van der Waals surface area contributed by atoms with Gasteiger partial charge < -0.3 is 19.1 Å². The van der Waals surface area contributed by atoms with Crippen molar-refractivity contribution in [3.8, 4) is 17.2 Å². The Kier molecular flexibility index (Phi) is 7.09.